The Labute approximate surface area is 125 Å². The van der Waals surface area contributed by atoms with Crippen LogP contribution in [0.1, 0.15) is 11.7 Å². The van der Waals surface area contributed by atoms with Gasteiger partial charge in [-0.15, -0.1) is 0 Å². The second-order valence-electron chi connectivity index (χ2n) is 4.50. The van der Waals surface area contributed by atoms with E-state index in [0.717, 1.165) is 0 Å². The Hall–Kier alpha value is -1.40. The van der Waals surface area contributed by atoms with E-state index in [1.165, 1.54) is 6.07 Å². The molecule has 1 fully saturated rings. The number of morpholine rings is 1. The number of carbonyl (C=O) groups is 1. The lowest BCUT2D eigenvalue weighted by atomic mass is 10.1. The Kier molecular flexibility index (Phi) is 5.14. The summed E-state index contributed by atoms with van der Waals surface area (Å²) in [5, 5.41) is 2.73. The van der Waals surface area contributed by atoms with Crippen molar-refractivity contribution >= 4 is 22.0 Å². The van der Waals surface area contributed by atoms with Gasteiger partial charge >= 0.3 is 6.03 Å². The summed E-state index contributed by atoms with van der Waals surface area (Å²) in [6.45, 7) is 5.23. The fourth-order valence-corrected chi connectivity index (χ4v) is 2.18. The first-order chi connectivity index (χ1) is 9.58. The van der Waals surface area contributed by atoms with E-state index in [9.17, 15) is 9.18 Å². The predicted molar refractivity (Wildman–Crippen MR) is 78.1 cm³/mol. The summed E-state index contributed by atoms with van der Waals surface area (Å²) in [5.74, 6) is -0.311. The van der Waals surface area contributed by atoms with Gasteiger partial charge in [-0.05, 0) is 6.07 Å². The molecule has 1 N–H and O–H groups in total. The molecule has 1 saturated heterocycles. The molecule has 1 atom stereocenters. The summed E-state index contributed by atoms with van der Waals surface area (Å²) in [4.78, 5) is 13.6. The third-order valence-corrected chi connectivity index (χ3v) is 3.32. The van der Waals surface area contributed by atoms with Crippen LogP contribution in [-0.2, 0) is 4.74 Å². The van der Waals surface area contributed by atoms with Gasteiger partial charge < -0.3 is 15.0 Å². The molecule has 0 aromatic heterocycles. The molecule has 1 unspecified atom stereocenters. The summed E-state index contributed by atoms with van der Waals surface area (Å²) in [6.07, 6.45) is -0.428. The van der Waals surface area contributed by atoms with Gasteiger partial charge in [0, 0.05) is 16.6 Å². The lowest BCUT2D eigenvalue weighted by molar-refractivity contribution is -0.0170. The van der Waals surface area contributed by atoms with Gasteiger partial charge in [0.15, 0.2) is 0 Å². The molecule has 1 aliphatic rings. The molecule has 2 rings (SSSR count). The number of nitrogens with zero attached hydrogens (tertiary/aromatic N) is 1. The number of urea groups is 1. The lowest BCUT2D eigenvalue weighted by Gasteiger charge is -2.33. The number of rotatable bonds is 3. The van der Waals surface area contributed by atoms with Crippen LogP contribution in [0, 0.1) is 5.82 Å². The topological polar surface area (TPSA) is 41.6 Å². The molecule has 1 aromatic rings. The van der Waals surface area contributed by atoms with Gasteiger partial charge in [-0.2, -0.15) is 0 Å². The monoisotopic (exact) mass is 342 g/mol. The highest BCUT2D eigenvalue weighted by molar-refractivity contribution is 9.11. The van der Waals surface area contributed by atoms with Gasteiger partial charge in [0.25, 0.3) is 0 Å². The second kappa shape index (κ2) is 6.85. The molecule has 0 spiro atoms. The van der Waals surface area contributed by atoms with E-state index >= 15 is 0 Å². The normalized spacial score (nSPS) is 18.7. The Morgan fingerprint density at radius 1 is 1.55 bits per heavy atom. The molecule has 0 radical (unpaired) electrons. The minimum absolute atomic E-state index is 0.199. The SMILES string of the molecule is C=C(Br)CNC(=O)N1CCOC(c2ccccc2F)C1. The van der Waals surface area contributed by atoms with Gasteiger partial charge in [0.1, 0.15) is 11.9 Å². The highest BCUT2D eigenvalue weighted by Crippen LogP contribution is 2.24. The zero-order valence-electron chi connectivity index (χ0n) is 10.9. The van der Waals surface area contributed by atoms with Gasteiger partial charge in [-0.3, -0.25) is 0 Å². The van der Waals surface area contributed by atoms with Crippen LogP contribution >= 0.6 is 15.9 Å². The third kappa shape index (κ3) is 3.80. The smallest absolute Gasteiger partial charge is 0.317 e. The van der Waals surface area contributed by atoms with Gasteiger partial charge in [0.2, 0.25) is 0 Å². The minimum atomic E-state index is -0.428. The van der Waals surface area contributed by atoms with E-state index in [0.29, 0.717) is 36.3 Å². The van der Waals surface area contributed by atoms with Crippen LogP contribution in [0.25, 0.3) is 0 Å². The average Bonchev–Trinajstić information content (AvgIpc) is 2.45. The fourth-order valence-electron chi connectivity index (χ4n) is 2.04. The highest BCUT2D eigenvalue weighted by atomic mass is 79.9. The number of benzene rings is 1. The van der Waals surface area contributed by atoms with Gasteiger partial charge in [-0.1, -0.05) is 40.7 Å². The van der Waals surface area contributed by atoms with Crippen LogP contribution in [-0.4, -0.2) is 37.2 Å². The summed E-state index contributed by atoms with van der Waals surface area (Å²) in [6, 6.07) is 6.27. The second-order valence-corrected chi connectivity index (χ2v) is 5.62. The zero-order chi connectivity index (χ0) is 14.5. The summed E-state index contributed by atoms with van der Waals surface area (Å²) in [5.41, 5.74) is 0.481. The van der Waals surface area contributed by atoms with Crippen LogP contribution in [0.3, 0.4) is 0 Å². The largest absolute Gasteiger partial charge is 0.370 e. The van der Waals surface area contributed by atoms with Crippen molar-refractivity contribution in [2.75, 3.05) is 26.2 Å². The Morgan fingerprint density at radius 2 is 2.30 bits per heavy atom. The molecule has 6 heteroatoms. The molecule has 4 nitrogen and oxygen atoms in total. The first kappa shape index (κ1) is 15.0. The molecule has 1 heterocycles. The Bertz CT molecular complexity index is 510. The van der Waals surface area contributed by atoms with Crippen LogP contribution in [0.5, 0.6) is 0 Å². The van der Waals surface area contributed by atoms with Gasteiger partial charge in [0.05, 0.1) is 19.7 Å². The highest BCUT2D eigenvalue weighted by Gasteiger charge is 2.26. The third-order valence-electron chi connectivity index (χ3n) is 3.04. The van der Waals surface area contributed by atoms with E-state index in [1.54, 1.807) is 23.1 Å². The minimum Gasteiger partial charge on any atom is -0.370 e. The number of halogens is 2. The maximum atomic E-state index is 13.7. The average molecular weight is 343 g/mol. The first-order valence-electron chi connectivity index (χ1n) is 6.30. The molecule has 0 bridgehead atoms. The summed E-state index contributed by atoms with van der Waals surface area (Å²) in [7, 11) is 0. The molecular weight excluding hydrogens is 327 g/mol. The molecule has 0 saturated carbocycles. The standard InChI is InChI=1S/C14H16BrFN2O2/c1-10(15)8-17-14(19)18-6-7-20-13(9-18)11-4-2-3-5-12(11)16/h2-5,13H,1,6-9H2,(H,17,19). The first-order valence-corrected chi connectivity index (χ1v) is 7.09. The van der Waals surface area contributed by atoms with Crippen molar-refractivity contribution in [1.82, 2.24) is 10.2 Å². The van der Waals surface area contributed by atoms with Crippen molar-refractivity contribution in [2.45, 2.75) is 6.10 Å². The van der Waals surface area contributed by atoms with Crippen molar-refractivity contribution < 1.29 is 13.9 Å². The summed E-state index contributed by atoms with van der Waals surface area (Å²) >= 11 is 3.18. The van der Waals surface area contributed by atoms with Crippen molar-refractivity contribution in [3.63, 3.8) is 0 Å². The van der Waals surface area contributed by atoms with Crippen LogP contribution in [0.15, 0.2) is 35.3 Å². The lowest BCUT2D eigenvalue weighted by Crippen LogP contribution is -2.47. The number of hydrogen-bond donors (Lipinski definition) is 1. The predicted octanol–water partition coefficient (Wildman–Crippen LogP) is 2.82. The van der Waals surface area contributed by atoms with Crippen LogP contribution in [0.2, 0.25) is 0 Å². The van der Waals surface area contributed by atoms with Crippen molar-refractivity contribution in [1.29, 1.82) is 0 Å². The molecular formula is C14H16BrFN2O2. The molecule has 2 amide bonds. The molecule has 1 aliphatic heterocycles. The number of nitrogens with one attached hydrogen (secondary N) is 1. The van der Waals surface area contributed by atoms with E-state index in [-0.39, 0.29) is 11.8 Å². The Morgan fingerprint density at radius 3 is 3.00 bits per heavy atom. The number of carbonyl (C=O) groups excluding carboxylic acids is 1. The molecule has 20 heavy (non-hydrogen) atoms. The molecule has 0 aliphatic carbocycles. The van der Waals surface area contributed by atoms with Crippen molar-refractivity contribution in [3.8, 4) is 0 Å². The van der Waals surface area contributed by atoms with E-state index in [1.807, 2.05) is 0 Å². The molecule has 1 aromatic carbocycles. The van der Waals surface area contributed by atoms with Crippen LogP contribution in [0.4, 0.5) is 9.18 Å². The maximum absolute atomic E-state index is 13.7. The van der Waals surface area contributed by atoms with E-state index in [2.05, 4.69) is 27.8 Å². The quantitative estimate of drug-likeness (QED) is 0.917. The number of amides is 2. The van der Waals surface area contributed by atoms with Crippen molar-refractivity contribution in [3.05, 3.63) is 46.7 Å². The van der Waals surface area contributed by atoms with Crippen LogP contribution < -0.4 is 5.32 Å². The van der Waals surface area contributed by atoms with Gasteiger partial charge in [-0.25, -0.2) is 9.18 Å². The fraction of sp³-hybridized carbons (Fsp3) is 0.357. The maximum Gasteiger partial charge on any atom is 0.317 e. The zero-order valence-corrected chi connectivity index (χ0v) is 12.5. The number of ether oxygens (including phenoxy) is 1. The Balaban J connectivity index is 2.00. The molecule has 108 valence electrons. The van der Waals surface area contributed by atoms with Crippen molar-refractivity contribution in [2.24, 2.45) is 0 Å². The number of hydrogen-bond acceptors (Lipinski definition) is 2. The van der Waals surface area contributed by atoms with E-state index in [4.69, 9.17) is 4.74 Å². The summed E-state index contributed by atoms with van der Waals surface area (Å²) < 4.78 is 20.0. The van der Waals surface area contributed by atoms with E-state index < -0.39 is 6.10 Å².